The lowest BCUT2D eigenvalue weighted by Gasteiger charge is -1.96. The Hall–Kier alpha value is -1.58. The Balaban J connectivity index is 4.19. The summed E-state index contributed by atoms with van der Waals surface area (Å²) in [4.78, 5) is 20.5. The number of hydrogen-bond acceptors (Lipinski definition) is 4. The third-order valence-electron chi connectivity index (χ3n) is 1.05. The van der Waals surface area contributed by atoms with Crippen molar-refractivity contribution in [3.05, 3.63) is 24.0 Å². The van der Waals surface area contributed by atoms with E-state index in [-0.39, 0.29) is 0 Å². The van der Waals surface area contributed by atoms with Crippen LogP contribution in [0.3, 0.4) is 0 Å². The first-order valence-corrected chi connectivity index (χ1v) is 3.20. The van der Waals surface area contributed by atoms with Crippen LogP contribution in [-0.4, -0.2) is 26.5 Å². The van der Waals surface area contributed by atoms with E-state index >= 15 is 0 Å². The van der Waals surface area contributed by atoms with Crippen LogP contribution in [0.5, 0.6) is 0 Å². The third kappa shape index (κ3) is 4.27. The number of methoxy groups -OCH3 is 2. The molecule has 4 heteroatoms. The van der Waals surface area contributed by atoms with Crippen LogP contribution in [-0.2, 0) is 19.1 Å². The van der Waals surface area contributed by atoms with Gasteiger partial charge in [0.05, 0.1) is 14.2 Å². The van der Waals surface area contributed by atoms with E-state index in [1.54, 1.807) is 0 Å². The molecule has 0 spiro atoms. The first-order valence-electron chi connectivity index (χ1n) is 3.20. The lowest BCUT2D eigenvalue weighted by molar-refractivity contribution is -0.134. The van der Waals surface area contributed by atoms with Crippen LogP contribution in [0, 0.1) is 0 Å². The maximum atomic E-state index is 10.6. The molecule has 0 bridgehead atoms. The zero-order chi connectivity index (χ0) is 9.40. The van der Waals surface area contributed by atoms with Gasteiger partial charge in [-0.3, -0.25) is 4.79 Å². The van der Waals surface area contributed by atoms with Crippen molar-refractivity contribution in [1.82, 2.24) is 0 Å². The second kappa shape index (κ2) is 6.15. The summed E-state index contributed by atoms with van der Waals surface area (Å²) in [6, 6.07) is 0. The molecule has 0 saturated carbocycles. The number of aldehydes is 1. The van der Waals surface area contributed by atoms with Gasteiger partial charge in [0.1, 0.15) is 12.0 Å². The first-order chi connectivity index (χ1) is 5.74. The molecule has 0 heterocycles. The average molecular weight is 170 g/mol. The molecule has 0 unspecified atom stereocenters. The molecule has 0 aliphatic carbocycles. The van der Waals surface area contributed by atoms with Crippen LogP contribution in [0.25, 0.3) is 0 Å². The number of esters is 1. The summed E-state index contributed by atoms with van der Waals surface area (Å²) in [6.45, 7) is 0. The summed E-state index contributed by atoms with van der Waals surface area (Å²) in [6.07, 6.45) is 4.28. The fraction of sp³-hybridized carbons (Fsp3) is 0.250. The molecular formula is C8H10O4. The maximum Gasteiger partial charge on any atom is 0.330 e. The van der Waals surface area contributed by atoms with Crippen molar-refractivity contribution >= 4 is 12.3 Å². The van der Waals surface area contributed by atoms with Gasteiger partial charge in [-0.05, 0) is 6.08 Å². The van der Waals surface area contributed by atoms with Gasteiger partial charge in [-0.2, -0.15) is 0 Å². The zero-order valence-corrected chi connectivity index (χ0v) is 6.94. The van der Waals surface area contributed by atoms with E-state index < -0.39 is 5.97 Å². The van der Waals surface area contributed by atoms with Gasteiger partial charge in [0.15, 0.2) is 0 Å². The molecule has 0 N–H and O–H groups in total. The van der Waals surface area contributed by atoms with Crippen molar-refractivity contribution in [1.29, 1.82) is 0 Å². The van der Waals surface area contributed by atoms with E-state index in [1.165, 1.54) is 32.4 Å². The standard InChI is InChI=1S/C8H10O4/c1-11-7(5-6-9)3-4-8(10)12-2/h3-6H,1-2H3/b4-3-,7-5+. The third-order valence-corrected chi connectivity index (χ3v) is 1.05. The predicted octanol–water partition coefficient (Wildman–Crippen LogP) is 0.445. The molecule has 0 saturated heterocycles. The Bertz CT molecular complexity index is 215. The molecule has 0 rings (SSSR count). The summed E-state index contributed by atoms with van der Waals surface area (Å²) in [5, 5.41) is 0. The summed E-state index contributed by atoms with van der Waals surface area (Å²) >= 11 is 0. The highest BCUT2D eigenvalue weighted by Crippen LogP contribution is 1.95. The second-order valence-electron chi connectivity index (χ2n) is 1.77. The number of rotatable bonds is 4. The minimum Gasteiger partial charge on any atom is -0.497 e. The quantitative estimate of drug-likeness (QED) is 0.202. The molecule has 0 aliphatic heterocycles. The summed E-state index contributed by atoms with van der Waals surface area (Å²) in [5.74, 6) is -0.195. The molecule has 12 heavy (non-hydrogen) atoms. The van der Waals surface area contributed by atoms with Crippen LogP contribution in [0.1, 0.15) is 0 Å². The normalized spacial score (nSPS) is 11.3. The van der Waals surface area contributed by atoms with E-state index in [2.05, 4.69) is 4.74 Å². The monoisotopic (exact) mass is 170 g/mol. The van der Waals surface area contributed by atoms with E-state index in [1.807, 2.05) is 0 Å². The molecule has 0 amide bonds. The van der Waals surface area contributed by atoms with Crippen molar-refractivity contribution in [3.8, 4) is 0 Å². The maximum absolute atomic E-state index is 10.6. The first kappa shape index (κ1) is 10.4. The number of carbonyl (C=O) groups excluding carboxylic acids is 2. The Labute approximate surface area is 70.5 Å². The van der Waals surface area contributed by atoms with Crippen LogP contribution >= 0.6 is 0 Å². The highest BCUT2D eigenvalue weighted by molar-refractivity contribution is 5.82. The summed E-state index contributed by atoms with van der Waals surface area (Å²) < 4.78 is 9.05. The zero-order valence-electron chi connectivity index (χ0n) is 6.94. The van der Waals surface area contributed by atoms with Crippen LogP contribution in [0.2, 0.25) is 0 Å². The Kier molecular flexibility index (Phi) is 5.34. The molecule has 0 aromatic heterocycles. The van der Waals surface area contributed by atoms with E-state index in [4.69, 9.17) is 4.74 Å². The number of hydrogen-bond donors (Lipinski definition) is 0. The summed E-state index contributed by atoms with van der Waals surface area (Å²) in [5.41, 5.74) is 0. The van der Waals surface area contributed by atoms with Gasteiger partial charge < -0.3 is 9.47 Å². The SMILES string of the molecule is COC(=O)/C=C\C(=C/C=O)OC. The molecule has 4 nitrogen and oxygen atoms in total. The minimum absolute atomic E-state index is 0.301. The van der Waals surface area contributed by atoms with Gasteiger partial charge in [0, 0.05) is 12.2 Å². The minimum atomic E-state index is -0.496. The lowest BCUT2D eigenvalue weighted by atomic mass is 10.4. The molecule has 0 aromatic carbocycles. The molecule has 0 atom stereocenters. The van der Waals surface area contributed by atoms with Crippen molar-refractivity contribution in [2.75, 3.05) is 14.2 Å². The highest BCUT2D eigenvalue weighted by Gasteiger charge is 1.92. The van der Waals surface area contributed by atoms with Crippen molar-refractivity contribution in [3.63, 3.8) is 0 Å². The van der Waals surface area contributed by atoms with Gasteiger partial charge in [-0.1, -0.05) is 0 Å². The molecular weight excluding hydrogens is 160 g/mol. The lowest BCUT2D eigenvalue weighted by Crippen LogP contribution is -1.94. The van der Waals surface area contributed by atoms with Gasteiger partial charge in [0.2, 0.25) is 0 Å². The van der Waals surface area contributed by atoms with Gasteiger partial charge in [-0.15, -0.1) is 0 Å². The van der Waals surface area contributed by atoms with Crippen LogP contribution in [0.15, 0.2) is 24.0 Å². The van der Waals surface area contributed by atoms with Crippen molar-refractivity contribution in [2.24, 2.45) is 0 Å². The van der Waals surface area contributed by atoms with Crippen LogP contribution in [0.4, 0.5) is 0 Å². The van der Waals surface area contributed by atoms with Crippen LogP contribution < -0.4 is 0 Å². The van der Waals surface area contributed by atoms with E-state index in [0.29, 0.717) is 12.0 Å². The van der Waals surface area contributed by atoms with E-state index in [9.17, 15) is 9.59 Å². The topological polar surface area (TPSA) is 52.6 Å². The highest BCUT2D eigenvalue weighted by atomic mass is 16.5. The Morgan fingerprint density at radius 2 is 1.83 bits per heavy atom. The molecule has 0 fully saturated rings. The number of carbonyl (C=O) groups is 2. The van der Waals surface area contributed by atoms with Crippen molar-refractivity contribution < 1.29 is 19.1 Å². The predicted molar refractivity (Wildman–Crippen MR) is 42.3 cm³/mol. The Morgan fingerprint density at radius 1 is 1.17 bits per heavy atom. The number of allylic oxidation sites excluding steroid dienone is 2. The van der Waals surface area contributed by atoms with Gasteiger partial charge in [0.25, 0.3) is 0 Å². The number of ether oxygens (including phenoxy) is 2. The van der Waals surface area contributed by atoms with Gasteiger partial charge in [-0.25, -0.2) is 4.79 Å². The molecule has 66 valence electrons. The average Bonchev–Trinajstić information content (AvgIpc) is 2.11. The largest absolute Gasteiger partial charge is 0.497 e. The van der Waals surface area contributed by atoms with Crippen molar-refractivity contribution in [2.45, 2.75) is 0 Å². The summed E-state index contributed by atoms with van der Waals surface area (Å²) in [7, 11) is 2.67. The Morgan fingerprint density at radius 3 is 2.25 bits per heavy atom. The van der Waals surface area contributed by atoms with E-state index in [0.717, 1.165) is 0 Å². The fourth-order valence-corrected chi connectivity index (χ4v) is 0.477. The molecule has 0 radical (unpaired) electrons. The van der Waals surface area contributed by atoms with Gasteiger partial charge >= 0.3 is 5.97 Å². The molecule has 0 aromatic rings. The molecule has 0 aliphatic rings. The fourth-order valence-electron chi connectivity index (χ4n) is 0.477. The smallest absolute Gasteiger partial charge is 0.330 e. The second-order valence-corrected chi connectivity index (χ2v) is 1.77.